The first-order chi connectivity index (χ1) is 14.3. The normalized spacial score (nSPS) is 18.3. The molecule has 0 aliphatic carbocycles. The molecular formula is C22H15ClFN3O3. The molecule has 1 amide bonds. The number of aromatic amines is 1. The molecule has 4 aromatic rings. The molecule has 0 fully saturated rings. The number of halogens is 2. The topological polar surface area (TPSA) is 78.3 Å². The van der Waals surface area contributed by atoms with Crippen LogP contribution in [0.5, 0.6) is 0 Å². The molecule has 1 unspecified atom stereocenters. The Morgan fingerprint density at radius 3 is 2.63 bits per heavy atom. The minimum absolute atomic E-state index is 0.146. The summed E-state index contributed by atoms with van der Waals surface area (Å²) in [6, 6.07) is 15.7. The van der Waals surface area contributed by atoms with Crippen molar-refractivity contribution < 1.29 is 14.3 Å². The molecule has 1 aliphatic heterocycles. The summed E-state index contributed by atoms with van der Waals surface area (Å²) in [6.45, 7) is 0. The number of anilines is 1. The predicted octanol–water partition coefficient (Wildman–Crippen LogP) is 3.51. The zero-order valence-electron chi connectivity index (χ0n) is 15.7. The van der Waals surface area contributed by atoms with Gasteiger partial charge >= 0.3 is 5.69 Å². The first kappa shape index (κ1) is 18.6. The standard InChI is InChI=1S/C22H15ClFN3O3/c1-26-17-10-9-12(11-16(17)25-21(26)29)22(30)14-6-3-2-5-13(14)20(28)27(22)18-8-4-7-15(23)19(18)24/h2-11,30H,1H3,(H,25,29). The van der Waals surface area contributed by atoms with Crippen LogP contribution in [-0.2, 0) is 12.8 Å². The fourth-order valence-corrected chi connectivity index (χ4v) is 4.22. The van der Waals surface area contributed by atoms with Crippen LogP contribution in [0.15, 0.2) is 65.5 Å². The van der Waals surface area contributed by atoms with Crippen molar-refractivity contribution in [1.29, 1.82) is 0 Å². The number of nitrogens with one attached hydrogen (secondary N) is 1. The van der Waals surface area contributed by atoms with E-state index in [1.165, 1.54) is 22.8 Å². The zero-order chi connectivity index (χ0) is 21.2. The lowest BCUT2D eigenvalue weighted by Gasteiger charge is -2.35. The van der Waals surface area contributed by atoms with Crippen LogP contribution in [0.3, 0.4) is 0 Å². The fraction of sp³-hybridized carbons (Fsp3) is 0.0909. The maximum Gasteiger partial charge on any atom is 0.326 e. The molecule has 5 rings (SSSR count). The molecule has 1 atom stereocenters. The van der Waals surface area contributed by atoms with Gasteiger partial charge in [0.05, 0.1) is 21.7 Å². The highest BCUT2D eigenvalue weighted by molar-refractivity contribution is 6.31. The highest BCUT2D eigenvalue weighted by Gasteiger charge is 2.51. The highest BCUT2D eigenvalue weighted by atomic mass is 35.5. The summed E-state index contributed by atoms with van der Waals surface area (Å²) >= 11 is 5.95. The Hall–Kier alpha value is -3.42. The van der Waals surface area contributed by atoms with Crippen molar-refractivity contribution in [2.75, 3.05) is 4.90 Å². The minimum atomic E-state index is -2.00. The van der Waals surface area contributed by atoms with E-state index in [0.29, 0.717) is 22.2 Å². The summed E-state index contributed by atoms with van der Waals surface area (Å²) in [5, 5.41) is 11.8. The molecule has 150 valence electrons. The van der Waals surface area contributed by atoms with Crippen molar-refractivity contribution in [3.63, 3.8) is 0 Å². The number of carbonyl (C=O) groups is 1. The van der Waals surface area contributed by atoms with Crippen molar-refractivity contribution in [2.45, 2.75) is 5.72 Å². The molecule has 0 radical (unpaired) electrons. The first-order valence-corrected chi connectivity index (χ1v) is 9.51. The van der Waals surface area contributed by atoms with Gasteiger partial charge in [0.1, 0.15) is 0 Å². The first-order valence-electron chi connectivity index (χ1n) is 9.13. The summed E-state index contributed by atoms with van der Waals surface area (Å²) in [5.41, 5.74) is -0.479. The summed E-state index contributed by atoms with van der Waals surface area (Å²) in [7, 11) is 1.62. The molecule has 0 spiro atoms. The Kier molecular flexibility index (Phi) is 3.90. The van der Waals surface area contributed by atoms with Crippen LogP contribution >= 0.6 is 11.6 Å². The molecule has 2 N–H and O–H groups in total. The lowest BCUT2D eigenvalue weighted by Crippen LogP contribution is -2.45. The van der Waals surface area contributed by atoms with Gasteiger partial charge < -0.3 is 10.1 Å². The Balaban J connectivity index is 1.82. The number of imidazole rings is 1. The molecule has 6 nitrogen and oxygen atoms in total. The summed E-state index contributed by atoms with van der Waals surface area (Å²) in [4.78, 5) is 29.0. The lowest BCUT2D eigenvalue weighted by molar-refractivity contribution is 0.0699. The van der Waals surface area contributed by atoms with E-state index in [-0.39, 0.29) is 22.0 Å². The Bertz CT molecular complexity index is 1410. The van der Waals surface area contributed by atoms with E-state index in [1.54, 1.807) is 49.5 Å². The molecule has 0 saturated heterocycles. The largest absolute Gasteiger partial charge is 0.363 e. The minimum Gasteiger partial charge on any atom is -0.363 e. The highest BCUT2D eigenvalue weighted by Crippen LogP contribution is 2.46. The van der Waals surface area contributed by atoms with Crippen LogP contribution in [0.1, 0.15) is 21.5 Å². The van der Waals surface area contributed by atoms with Crippen LogP contribution < -0.4 is 10.6 Å². The van der Waals surface area contributed by atoms with Gasteiger partial charge in [0.25, 0.3) is 5.91 Å². The van der Waals surface area contributed by atoms with Crippen molar-refractivity contribution >= 4 is 34.2 Å². The molecular weight excluding hydrogens is 409 g/mol. The van der Waals surface area contributed by atoms with Crippen LogP contribution in [0.2, 0.25) is 5.02 Å². The van der Waals surface area contributed by atoms with E-state index < -0.39 is 17.4 Å². The van der Waals surface area contributed by atoms with E-state index in [2.05, 4.69) is 4.98 Å². The zero-order valence-corrected chi connectivity index (χ0v) is 16.4. The second-order valence-corrected chi connectivity index (χ2v) is 7.56. The number of nitrogens with zero attached hydrogens (tertiary/aromatic N) is 2. The summed E-state index contributed by atoms with van der Waals surface area (Å²) in [5.74, 6) is -1.37. The fourth-order valence-electron chi connectivity index (χ4n) is 4.05. The maximum atomic E-state index is 14.9. The molecule has 0 saturated carbocycles. The van der Waals surface area contributed by atoms with Gasteiger partial charge in [-0.05, 0) is 30.3 Å². The van der Waals surface area contributed by atoms with Crippen LogP contribution in [0, 0.1) is 5.82 Å². The second kappa shape index (κ2) is 6.29. The summed E-state index contributed by atoms with van der Waals surface area (Å²) < 4.78 is 16.4. The number of benzene rings is 3. The Labute approximate surface area is 174 Å². The van der Waals surface area contributed by atoms with Gasteiger partial charge in [0.15, 0.2) is 11.5 Å². The van der Waals surface area contributed by atoms with Crippen molar-refractivity contribution in [2.24, 2.45) is 7.05 Å². The average molecular weight is 424 g/mol. The van der Waals surface area contributed by atoms with E-state index in [4.69, 9.17) is 11.6 Å². The number of hydrogen-bond donors (Lipinski definition) is 2. The SMILES string of the molecule is Cn1c(=O)[nH]c2cc(C3(O)c4ccccc4C(=O)N3c3cccc(Cl)c3F)ccc21. The number of amides is 1. The number of aryl methyl sites for hydroxylation is 1. The number of hydrogen-bond acceptors (Lipinski definition) is 3. The van der Waals surface area contributed by atoms with E-state index >= 15 is 0 Å². The average Bonchev–Trinajstić information content (AvgIpc) is 3.16. The van der Waals surface area contributed by atoms with Crippen molar-refractivity contribution in [3.8, 4) is 0 Å². The molecule has 3 aromatic carbocycles. The third-order valence-corrected chi connectivity index (χ3v) is 5.83. The molecule has 30 heavy (non-hydrogen) atoms. The number of fused-ring (bicyclic) bond motifs is 2. The monoisotopic (exact) mass is 423 g/mol. The van der Waals surface area contributed by atoms with Crippen LogP contribution in [0.4, 0.5) is 10.1 Å². The number of H-pyrrole nitrogens is 1. The van der Waals surface area contributed by atoms with Gasteiger partial charge in [0.2, 0.25) is 0 Å². The van der Waals surface area contributed by atoms with E-state index in [0.717, 1.165) is 4.90 Å². The summed E-state index contributed by atoms with van der Waals surface area (Å²) in [6.07, 6.45) is 0. The van der Waals surface area contributed by atoms with Gasteiger partial charge in [-0.1, -0.05) is 41.9 Å². The Morgan fingerprint density at radius 1 is 1.07 bits per heavy atom. The van der Waals surface area contributed by atoms with Crippen LogP contribution in [-0.4, -0.2) is 20.6 Å². The quantitative estimate of drug-likeness (QED) is 0.518. The number of aromatic nitrogens is 2. The predicted molar refractivity (Wildman–Crippen MR) is 111 cm³/mol. The van der Waals surface area contributed by atoms with Gasteiger partial charge in [-0.25, -0.2) is 9.18 Å². The third kappa shape index (κ3) is 2.33. The third-order valence-electron chi connectivity index (χ3n) is 5.54. The van der Waals surface area contributed by atoms with Crippen LogP contribution in [0.25, 0.3) is 11.0 Å². The second-order valence-electron chi connectivity index (χ2n) is 7.15. The van der Waals surface area contributed by atoms with E-state index in [1.807, 2.05) is 0 Å². The molecule has 0 bridgehead atoms. The smallest absolute Gasteiger partial charge is 0.326 e. The number of rotatable bonds is 2. The molecule has 1 aromatic heterocycles. The molecule has 1 aliphatic rings. The molecule has 8 heteroatoms. The van der Waals surface area contributed by atoms with Gasteiger partial charge in [-0.2, -0.15) is 0 Å². The van der Waals surface area contributed by atoms with Crippen molar-refractivity contribution in [1.82, 2.24) is 9.55 Å². The molecule has 2 heterocycles. The van der Waals surface area contributed by atoms with Crippen molar-refractivity contribution in [3.05, 3.63) is 98.7 Å². The Morgan fingerprint density at radius 2 is 1.83 bits per heavy atom. The van der Waals surface area contributed by atoms with Gasteiger partial charge in [-0.15, -0.1) is 0 Å². The van der Waals surface area contributed by atoms with Gasteiger partial charge in [-0.3, -0.25) is 14.3 Å². The maximum absolute atomic E-state index is 14.9. The number of carbonyl (C=O) groups excluding carboxylic acids is 1. The lowest BCUT2D eigenvalue weighted by atomic mass is 9.93. The number of aliphatic hydroxyl groups is 1. The van der Waals surface area contributed by atoms with E-state index in [9.17, 15) is 19.1 Å². The van der Waals surface area contributed by atoms with Gasteiger partial charge in [0, 0.05) is 23.7 Å².